The first kappa shape index (κ1) is 45.2. The summed E-state index contributed by atoms with van der Waals surface area (Å²) in [4.78, 5) is 26.6. The van der Waals surface area contributed by atoms with Crippen molar-refractivity contribution in [1.29, 1.82) is 0 Å². The molecular weight excluding hydrogens is 891 g/mol. The molecule has 0 saturated carbocycles. The summed E-state index contributed by atoms with van der Waals surface area (Å²) in [5.74, 6) is -2.39. The molecule has 2 amide bonds. The number of benzene rings is 5. The molecule has 0 aromatic heterocycles. The molecule has 4 nitrogen and oxygen atoms in total. The Hall–Kier alpha value is -4.89. The van der Waals surface area contributed by atoms with Crippen LogP contribution in [0.2, 0.25) is 0 Å². The van der Waals surface area contributed by atoms with Crippen molar-refractivity contribution in [1.82, 2.24) is 10.6 Å². The van der Waals surface area contributed by atoms with E-state index in [9.17, 15) is 62.3 Å². The van der Waals surface area contributed by atoms with E-state index in [0.29, 0.717) is 28.3 Å². The van der Waals surface area contributed by atoms with Gasteiger partial charge in [-0.05, 0) is 0 Å². The molecule has 5 rings (SSSR count). The van der Waals surface area contributed by atoms with Crippen LogP contribution in [0.25, 0.3) is 0 Å². The summed E-state index contributed by atoms with van der Waals surface area (Å²) in [7, 11) is 0. The van der Waals surface area contributed by atoms with E-state index in [1.165, 1.54) is 0 Å². The molecule has 0 heterocycles. The van der Waals surface area contributed by atoms with Crippen LogP contribution >= 0.6 is 20.8 Å². The van der Waals surface area contributed by atoms with Gasteiger partial charge in [0.15, 0.2) is 0 Å². The van der Waals surface area contributed by atoms with Crippen molar-refractivity contribution in [2.45, 2.75) is 43.3 Å². The number of alkyl halides is 12. The van der Waals surface area contributed by atoms with E-state index in [1.807, 2.05) is 5.32 Å². The first-order valence-corrected chi connectivity index (χ1v) is 22.0. The van der Waals surface area contributed by atoms with Crippen molar-refractivity contribution in [2.24, 2.45) is 0 Å². The van der Waals surface area contributed by atoms with Crippen molar-refractivity contribution in [3.8, 4) is 0 Å². The second-order valence-corrected chi connectivity index (χ2v) is 23.3. The number of amides is 2. The normalized spacial score (nSPS) is 13.9. The van der Waals surface area contributed by atoms with Crippen LogP contribution in [-0.4, -0.2) is 30.6 Å². The van der Waals surface area contributed by atoms with Gasteiger partial charge in [-0.1, -0.05) is 0 Å². The van der Waals surface area contributed by atoms with Gasteiger partial charge in [-0.3, -0.25) is 0 Å². The van der Waals surface area contributed by atoms with Gasteiger partial charge in [0, 0.05) is 0 Å². The van der Waals surface area contributed by atoms with Gasteiger partial charge >= 0.3 is 339 Å². The van der Waals surface area contributed by atoms with E-state index in [-0.39, 0.29) is 42.4 Å². The first-order valence-electron chi connectivity index (χ1n) is 17.4. The molecule has 18 heteroatoms. The van der Waals surface area contributed by atoms with Crippen LogP contribution < -0.4 is 21.2 Å². The molecular formula is C41H32BrF12N2O2P. The van der Waals surface area contributed by atoms with E-state index < -0.39 is 88.4 Å². The zero-order valence-electron chi connectivity index (χ0n) is 30.2. The Labute approximate surface area is 337 Å². The van der Waals surface area contributed by atoms with Gasteiger partial charge in [-0.2, -0.15) is 0 Å². The van der Waals surface area contributed by atoms with Crippen molar-refractivity contribution in [3.63, 3.8) is 0 Å². The number of rotatable bonds is 12. The molecule has 0 aliphatic carbocycles. The second kappa shape index (κ2) is 17.0. The van der Waals surface area contributed by atoms with Crippen LogP contribution in [-0.2, 0) is 42.1 Å². The minimum absolute atomic E-state index is 0.0165. The summed E-state index contributed by atoms with van der Waals surface area (Å²) in [5, 5.41) is 1.41. The molecule has 0 spiro atoms. The van der Waals surface area contributed by atoms with Crippen LogP contribution in [0, 0.1) is 0 Å². The average Bonchev–Trinajstić information content (AvgIpc) is 3.16. The second-order valence-electron chi connectivity index (χ2n) is 13.7. The minimum atomic E-state index is -5.25. The summed E-state index contributed by atoms with van der Waals surface area (Å²) < 4.78 is 166. The Morgan fingerprint density at radius 3 is 1.34 bits per heavy atom. The van der Waals surface area contributed by atoms with Gasteiger partial charge in [-0.25, -0.2) is 0 Å². The van der Waals surface area contributed by atoms with Gasteiger partial charge in [0.1, 0.15) is 0 Å². The maximum atomic E-state index is 14.1. The average molecular weight is 924 g/mol. The molecule has 0 aliphatic heterocycles. The van der Waals surface area contributed by atoms with E-state index >= 15 is 0 Å². The topological polar surface area (TPSA) is 58.2 Å². The molecule has 5 aromatic carbocycles. The molecule has 59 heavy (non-hydrogen) atoms. The molecule has 2 N–H and O–H groups in total. The molecule has 1 atom stereocenters. The molecule has 0 bridgehead atoms. The van der Waals surface area contributed by atoms with Crippen molar-refractivity contribution < 1.29 is 62.3 Å². The van der Waals surface area contributed by atoms with Gasteiger partial charge < -0.3 is 0 Å². The Bertz CT molecular complexity index is 2160. The molecule has 0 aliphatic rings. The molecule has 0 saturated heterocycles. The van der Waals surface area contributed by atoms with Crippen molar-refractivity contribution in [3.05, 3.63) is 166 Å². The van der Waals surface area contributed by atoms with E-state index in [1.54, 1.807) is 91.0 Å². The fourth-order valence-electron chi connectivity index (χ4n) is 6.78. The Kier molecular flexibility index (Phi) is 13.0. The van der Waals surface area contributed by atoms with E-state index in [0.717, 1.165) is 0 Å². The van der Waals surface area contributed by atoms with Crippen LogP contribution in [0.1, 0.15) is 43.7 Å². The third-order valence-electron chi connectivity index (χ3n) is 9.41. The monoisotopic (exact) mass is 922 g/mol. The van der Waals surface area contributed by atoms with Gasteiger partial charge in [0.25, 0.3) is 0 Å². The summed E-state index contributed by atoms with van der Waals surface area (Å²) in [6.45, 7) is -0.945. The maximum absolute atomic E-state index is 14.1. The number of hydrogen-bond donors (Lipinski definition) is 2. The predicted molar refractivity (Wildman–Crippen MR) is 204 cm³/mol. The Morgan fingerprint density at radius 1 is 0.542 bits per heavy atom. The zero-order chi connectivity index (χ0) is 43.5. The molecule has 0 fully saturated rings. The number of halogens is 13. The quantitative estimate of drug-likeness (QED) is 0.0968. The van der Waals surface area contributed by atoms with Crippen LogP contribution in [0.5, 0.6) is 0 Å². The molecule has 314 valence electrons. The van der Waals surface area contributed by atoms with Crippen LogP contribution in [0.4, 0.5) is 52.7 Å². The molecule has 0 unspecified atom stereocenters. The van der Waals surface area contributed by atoms with Gasteiger partial charge in [0.05, 0.1) is 0 Å². The van der Waals surface area contributed by atoms with Gasteiger partial charge in [0.2, 0.25) is 0 Å². The fraction of sp³-hybridized carbons (Fsp3) is 0.220. The summed E-state index contributed by atoms with van der Waals surface area (Å²) in [5.41, 5.74) is -7.30. The molecule has 5 aromatic rings. The van der Waals surface area contributed by atoms with Crippen molar-refractivity contribution >= 4 is 43.2 Å². The summed E-state index contributed by atoms with van der Waals surface area (Å²) in [6.07, 6.45) is -21.4. The number of hydrogen-bond acceptors (Lipinski definition) is 2. The third kappa shape index (κ3) is 11.0. The number of carbonyl (C=O) groups excluding carboxylic acids is 2. The Balaban J connectivity index is 1.59. The van der Waals surface area contributed by atoms with Crippen LogP contribution in [0.3, 0.4) is 0 Å². The van der Waals surface area contributed by atoms with E-state index in [2.05, 4.69) is 20.8 Å². The van der Waals surface area contributed by atoms with Crippen molar-refractivity contribution in [2.75, 3.05) is 12.7 Å². The van der Waals surface area contributed by atoms with Gasteiger partial charge in [-0.15, -0.1) is 0 Å². The van der Waals surface area contributed by atoms with E-state index in [4.69, 9.17) is 0 Å². The summed E-state index contributed by atoms with van der Waals surface area (Å²) >= 11 is 4.00. The number of nitrogens with one attached hydrogen (secondary N) is 2. The Morgan fingerprint density at radius 2 is 0.932 bits per heavy atom. The fourth-order valence-corrected chi connectivity index (χ4v) is 15.1. The predicted octanol–water partition coefficient (Wildman–Crippen LogP) is 10.9. The first-order chi connectivity index (χ1) is 27.4. The zero-order valence-corrected chi connectivity index (χ0v) is 32.7. The van der Waals surface area contributed by atoms with Crippen LogP contribution in [0.15, 0.2) is 127 Å². The molecule has 0 radical (unpaired) electrons. The third-order valence-corrected chi connectivity index (χ3v) is 18.7. The summed E-state index contributed by atoms with van der Waals surface area (Å²) in [6, 6.07) is 25.5. The number of carbonyl (C=O) groups is 2. The standard InChI is InChI=1S/C41H32BrF12N2O2P/c42-59(34-12-6-2-7-13-34,35-14-8-3-9-15-35,24-27-16-29(38(43,44)45)21-30(17-27)39(46,47)48)25-33(18-26-10-4-1-5-11-26)56-36(57)23-55-37(58)28-19-31(40(49,50)51)22-32(20-28)41(52,53)54/h1-17,19-22,33H,18,23-25H2,(H,55,58)(H,56,57)/t33-/m0/s1. The SMILES string of the molecule is O=C(CNC(=O)c1cc(C(F)(F)F)cc(C(F)(F)F)c1)N[C@@H](Cc1ccccc1)CP(Br)(Cc1cc(C(F)(F)F)cc(C(F)(F)F)c1)(c1ccccc1)c1ccccc1.